The minimum Gasteiger partial charge on any atom is -0.870 e. The fourth-order valence-corrected chi connectivity index (χ4v) is 5.38. The molecule has 0 saturated carbocycles. The van der Waals surface area contributed by atoms with E-state index in [1.807, 2.05) is 34.3 Å². The summed E-state index contributed by atoms with van der Waals surface area (Å²) in [5, 5.41) is 0. The molecule has 0 bridgehead atoms. The fraction of sp³-hybridized carbons (Fsp3) is 0.667. The summed E-state index contributed by atoms with van der Waals surface area (Å²) in [4.78, 5) is 60.4. The molecule has 3 aliphatic heterocycles. The first-order valence-corrected chi connectivity index (χ1v) is 20.4. The summed E-state index contributed by atoms with van der Waals surface area (Å²) >= 11 is 0. The van der Waals surface area contributed by atoms with Crippen LogP contribution in [0, 0.1) is 13.1 Å². The first-order chi connectivity index (χ1) is 29.7. The van der Waals surface area contributed by atoms with Crippen molar-refractivity contribution in [3.8, 4) is 13.1 Å². The van der Waals surface area contributed by atoms with Crippen molar-refractivity contribution in [1.29, 1.82) is 0 Å². The molecule has 22 nitrogen and oxygen atoms in total. The van der Waals surface area contributed by atoms with Crippen LogP contribution in [0.4, 0.5) is 0 Å². The number of aromatic nitrogens is 4. The molecule has 5 heterocycles. The summed E-state index contributed by atoms with van der Waals surface area (Å²) in [6, 6.07) is 1.29. The molecular formula is C42H72Li2N9O13+. The second-order valence-electron chi connectivity index (χ2n) is 13.9. The van der Waals surface area contributed by atoms with Gasteiger partial charge in [0, 0.05) is 105 Å². The van der Waals surface area contributed by atoms with Crippen molar-refractivity contribution in [3.63, 3.8) is 0 Å². The van der Waals surface area contributed by atoms with Gasteiger partial charge < -0.3 is 68.7 Å². The molecule has 0 aromatic carbocycles. The van der Waals surface area contributed by atoms with Gasteiger partial charge in [0.1, 0.15) is 5.69 Å². The molecule has 4 N–H and O–H groups in total. The number of rotatable bonds is 12. The largest absolute Gasteiger partial charge is 1.00 e. The number of nitrogens with zero attached hydrogens (tertiary/aromatic N) is 8. The van der Waals surface area contributed by atoms with Crippen LogP contribution in [0.25, 0.3) is 9.69 Å². The van der Waals surface area contributed by atoms with E-state index in [9.17, 15) is 19.2 Å². The molecule has 0 atom stereocenters. The maximum Gasteiger partial charge on any atom is 1.00 e. The van der Waals surface area contributed by atoms with E-state index in [0.717, 1.165) is 78.2 Å². The van der Waals surface area contributed by atoms with Crippen LogP contribution in [0.15, 0.2) is 36.9 Å². The maximum atomic E-state index is 11.0. The number of hydrogen-bond donors (Lipinski definition) is 1. The van der Waals surface area contributed by atoms with E-state index in [0.29, 0.717) is 42.7 Å². The fourth-order valence-electron chi connectivity index (χ4n) is 5.38. The van der Waals surface area contributed by atoms with E-state index in [1.165, 1.54) is 13.1 Å². The van der Waals surface area contributed by atoms with Gasteiger partial charge >= 0.3 is 61.9 Å². The number of Topliss-reactive ketones (excluding diaryl/α,β-unsaturated/α-hetero) is 1. The van der Waals surface area contributed by atoms with Gasteiger partial charge in [0.05, 0.1) is 32.1 Å². The van der Waals surface area contributed by atoms with Crippen LogP contribution in [-0.4, -0.2) is 178 Å². The van der Waals surface area contributed by atoms with E-state index < -0.39 is 5.97 Å². The summed E-state index contributed by atoms with van der Waals surface area (Å²) in [7, 11) is 10.5. The number of esters is 2. The summed E-state index contributed by atoms with van der Waals surface area (Å²) < 4.78 is 38.5. The monoisotopic (exact) mass is 925 g/mol. The quantitative estimate of drug-likeness (QED) is 0.0574. The number of hydrogen-bond acceptors (Lipinski definition) is 18. The van der Waals surface area contributed by atoms with Crippen molar-refractivity contribution < 1.29 is 101 Å². The van der Waals surface area contributed by atoms with Gasteiger partial charge in [-0.3, -0.25) is 14.7 Å². The standard InChI is InChI=1S/C10H14N2O2.C9H11N2O2.C8H13N2O2.C5H13NO2.C5H8NO2.C5H11NO.2Li.2H2O/c1-8(13)10-6-12(7-11-10)9-2-4-14-5-3-9;12-6-8-5-11(7-10-8)9-1-3-13-4-2-9;1-5-12-8(11)7(9-2)6-10(3)4;1-6(2)5(7-3)8-4;1-3-8-5(7)4-6-2;6-5-1-3-7-4-2-5;;;;/h6-7,9H,2-5H2,1H3;5,7,9H,1-4H2;2,6H,5H2,1,3-4H3;5H,1-4H3;2H,3-4H2,1H3;5H,1-4,6H2;;;2*1H2/q;-1;+1;;+1;;2*+1;;/p-2/b;;7-6-;;;;;;;. The molecule has 0 aliphatic carbocycles. The molecule has 364 valence electrons. The van der Waals surface area contributed by atoms with Gasteiger partial charge in [-0.15, -0.1) is 6.20 Å². The molecule has 3 saturated heterocycles. The Kier molecular flexibility index (Phi) is 48.3. The van der Waals surface area contributed by atoms with Crippen molar-refractivity contribution in [3.05, 3.63) is 58.0 Å². The third-order valence-electron chi connectivity index (χ3n) is 8.51. The molecular weight excluding hydrogens is 852 g/mol. The average Bonchev–Trinajstić information content (AvgIpc) is 3.97. The Hall–Kier alpha value is -3.95. The van der Waals surface area contributed by atoms with Crippen molar-refractivity contribution in [1.82, 2.24) is 28.9 Å². The number of imidazole rings is 2. The Morgan fingerprint density at radius 3 is 1.59 bits per heavy atom. The Balaban J connectivity index is -0.000000227. The molecule has 2 aromatic heterocycles. The van der Waals surface area contributed by atoms with Crippen molar-refractivity contribution in [2.24, 2.45) is 5.73 Å². The Bertz CT molecular complexity index is 1650. The molecule has 3 fully saturated rings. The molecule has 66 heavy (non-hydrogen) atoms. The number of ether oxygens (including phenoxy) is 7. The number of ketones is 1. The first kappa shape index (κ1) is 71.1. The zero-order valence-corrected chi connectivity index (χ0v) is 41.0. The van der Waals surface area contributed by atoms with E-state index in [1.54, 1.807) is 72.2 Å². The Morgan fingerprint density at radius 1 is 0.833 bits per heavy atom. The topological polar surface area (TPSA) is 270 Å². The van der Waals surface area contributed by atoms with Gasteiger partial charge in [-0.1, -0.05) is 4.85 Å². The van der Waals surface area contributed by atoms with Crippen molar-refractivity contribution >= 4 is 24.0 Å². The third-order valence-corrected chi connectivity index (χ3v) is 8.51. The average molecular weight is 925 g/mol. The smallest absolute Gasteiger partial charge is 0.870 e. The predicted octanol–water partition coefficient (Wildman–Crippen LogP) is -2.54. The van der Waals surface area contributed by atoms with E-state index >= 15 is 0 Å². The molecule has 0 spiro atoms. The SMILES string of the molecule is C#[N+]/C(=C\N(C)C)C(=O)OCC.C#[N+]CC(=O)OCC.CC(=O)c1cn(C2CCOCC2)cn1.COC(OC)N(C)C.NC1CCOCC1.O=[C-]c1cn(C2CCOCC2)cn1.[Li+].[Li+].[OH-].[OH-]. The van der Waals surface area contributed by atoms with Crippen molar-refractivity contribution in [2.45, 2.75) is 83.8 Å². The summed E-state index contributed by atoms with van der Waals surface area (Å²) in [5.41, 5.74) is 6.60. The van der Waals surface area contributed by atoms with Crippen LogP contribution >= 0.6 is 0 Å². The molecule has 3 aliphatic rings. The van der Waals surface area contributed by atoms with Crippen LogP contribution in [0.2, 0.25) is 0 Å². The Morgan fingerprint density at radius 2 is 1.29 bits per heavy atom. The van der Waals surface area contributed by atoms with Gasteiger partial charge in [0.15, 0.2) is 5.78 Å². The third kappa shape index (κ3) is 33.5. The molecule has 24 heteroatoms. The van der Waals surface area contributed by atoms with Gasteiger partial charge in [0.25, 0.3) is 13.1 Å². The molecule has 0 radical (unpaired) electrons. The number of methoxy groups -OCH3 is 2. The van der Waals surface area contributed by atoms with Crippen LogP contribution in [0.3, 0.4) is 0 Å². The van der Waals surface area contributed by atoms with Gasteiger partial charge in [-0.05, 0) is 77.0 Å². The maximum absolute atomic E-state index is 11.0. The van der Waals surface area contributed by atoms with E-state index in [4.69, 9.17) is 36.0 Å². The van der Waals surface area contributed by atoms with Gasteiger partial charge in [0.2, 0.25) is 6.41 Å². The zero-order chi connectivity index (χ0) is 46.7. The normalized spacial score (nSPS) is 14.4. The minimum absolute atomic E-state index is 0. The van der Waals surface area contributed by atoms with Crippen molar-refractivity contribution in [2.75, 3.05) is 102 Å². The minimum atomic E-state index is -0.506. The van der Waals surface area contributed by atoms with Gasteiger partial charge in [-0.25, -0.2) is 14.6 Å². The second-order valence-corrected chi connectivity index (χ2v) is 13.9. The number of carbonyl (C=O) groups excluding carboxylic acids is 4. The molecule has 2 aromatic rings. The molecule has 0 unspecified atom stereocenters. The van der Waals surface area contributed by atoms with Gasteiger partial charge in [-0.2, -0.15) is 0 Å². The number of carbonyl (C=O) groups is 3. The summed E-state index contributed by atoms with van der Waals surface area (Å²) in [6.07, 6.45) is 16.2. The molecule has 0 amide bonds. The summed E-state index contributed by atoms with van der Waals surface area (Å²) in [6.45, 7) is 20.2. The summed E-state index contributed by atoms with van der Waals surface area (Å²) in [5.74, 6) is -0.862. The van der Waals surface area contributed by atoms with E-state index in [-0.39, 0.29) is 79.1 Å². The van der Waals surface area contributed by atoms with Crippen LogP contribution in [0.5, 0.6) is 0 Å². The van der Waals surface area contributed by atoms with Crippen LogP contribution < -0.4 is 43.5 Å². The van der Waals surface area contributed by atoms with E-state index in [2.05, 4.69) is 35.7 Å². The Labute approximate surface area is 414 Å². The molecule has 5 rings (SSSR count). The number of nitrogens with two attached hydrogens (primary N) is 1. The van der Waals surface area contributed by atoms with Crippen LogP contribution in [0.1, 0.15) is 87.6 Å². The van der Waals surface area contributed by atoms with Crippen LogP contribution in [-0.2, 0) is 47.5 Å². The predicted molar refractivity (Wildman–Crippen MR) is 237 cm³/mol. The zero-order valence-electron chi connectivity index (χ0n) is 41.0. The second kappa shape index (κ2) is 44.9. The first-order valence-electron chi connectivity index (χ1n) is 20.4.